The highest BCUT2D eigenvalue weighted by atomic mass is 32.2. The zero-order valence-corrected chi connectivity index (χ0v) is 19.2. The van der Waals surface area contributed by atoms with E-state index in [0.717, 1.165) is 59.6 Å². The van der Waals surface area contributed by atoms with Crippen molar-refractivity contribution < 1.29 is 4.79 Å². The van der Waals surface area contributed by atoms with Crippen molar-refractivity contribution in [2.24, 2.45) is 5.92 Å². The van der Waals surface area contributed by atoms with E-state index in [1.165, 1.54) is 6.33 Å². The number of fused-ring (bicyclic) bond motifs is 1. The molecule has 3 aromatic heterocycles. The molecule has 1 unspecified atom stereocenters. The van der Waals surface area contributed by atoms with Gasteiger partial charge in [0.05, 0.1) is 11.6 Å². The van der Waals surface area contributed by atoms with Crippen molar-refractivity contribution in [2.45, 2.75) is 24.5 Å². The third kappa shape index (κ3) is 4.14. The number of thioether (sulfide) groups is 1. The van der Waals surface area contributed by atoms with Gasteiger partial charge in [-0.25, -0.2) is 14.6 Å². The van der Waals surface area contributed by atoms with Crippen molar-refractivity contribution in [3.63, 3.8) is 0 Å². The molecule has 0 spiro atoms. The fraction of sp³-hybridized carbons (Fsp3) is 0.304. The lowest BCUT2D eigenvalue weighted by molar-refractivity contribution is -0.120. The Bertz CT molecular complexity index is 1260. The molecule has 1 saturated heterocycles. The lowest BCUT2D eigenvalue weighted by atomic mass is 9.97. The predicted octanol–water partition coefficient (Wildman–Crippen LogP) is 2.88. The molecular formula is C23H23N9OS. The molecule has 1 aromatic carbocycles. The molecule has 172 valence electrons. The number of piperidine rings is 1. The molecule has 11 heteroatoms. The number of carbonyl (C=O) groups excluding carboxylic acids is 1. The normalized spacial score (nSPS) is 17.5. The van der Waals surface area contributed by atoms with Gasteiger partial charge in [-0.2, -0.15) is 5.10 Å². The summed E-state index contributed by atoms with van der Waals surface area (Å²) in [4.78, 5) is 23.7. The summed E-state index contributed by atoms with van der Waals surface area (Å²) in [6.07, 6.45) is 6.91. The van der Waals surface area contributed by atoms with Crippen molar-refractivity contribution in [1.82, 2.24) is 34.5 Å². The van der Waals surface area contributed by atoms with E-state index in [9.17, 15) is 4.79 Å². The van der Waals surface area contributed by atoms with Crippen LogP contribution < -0.4 is 10.2 Å². The van der Waals surface area contributed by atoms with Crippen LogP contribution in [0.3, 0.4) is 0 Å². The molecule has 5 heterocycles. The van der Waals surface area contributed by atoms with E-state index in [0.29, 0.717) is 12.4 Å². The largest absolute Gasteiger partial charge is 0.354 e. The number of aryl methyl sites for hydroxylation is 1. The number of nitrogens with zero attached hydrogens (tertiary/aromatic N) is 8. The van der Waals surface area contributed by atoms with E-state index in [1.807, 2.05) is 36.4 Å². The van der Waals surface area contributed by atoms with Crippen molar-refractivity contribution >= 4 is 29.2 Å². The average molecular weight is 474 g/mol. The van der Waals surface area contributed by atoms with Crippen molar-refractivity contribution in [3.8, 4) is 17.1 Å². The highest BCUT2D eigenvalue weighted by Crippen LogP contribution is 2.30. The smallest absolute Gasteiger partial charge is 0.229 e. The second kappa shape index (κ2) is 8.90. The Morgan fingerprint density at radius 2 is 1.91 bits per heavy atom. The first-order chi connectivity index (χ1) is 16.7. The highest BCUT2D eigenvalue weighted by Gasteiger charge is 2.27. The van der Waals surface area contributed by atoms with Crippen LogP contribution in [-0.2, 0) is 11.3 Å². The number of aromatic nitrogens is 7. The minimum Gasteiger partial charge on any atom is -0.354 e. The molecular weight excluding hydrogens is 450 g/mol. The number of anilines is 2. The molecule has 1 amide bonds. The highest BCUT2D eigenvalue weighted by molar-refractivity contribution is 7.99. The predicted molar refractivity (Wildman–Crippen MR) is 129 cm³/mol. The number of hydrogen-bond acceptors (Lipinski definition) is 8. The Labute approximate surface area is 200 Å². The van der Waals surface area contributed by atoms with Crippen LogP contribution in [0.4, 0.5) is 11.5 Å². The lowest BCUT2D eigenvalue weighted by Crippen LogP contribution is -2.41. The number of benzene rings is 1. The van der Waals surface area contributed by atoms with Crippen LogP contribution in [0.2, 0.25) is 0 Å². The van der Waals surface area contributed by atoms with Gasteiger partial charge in [-0.15, -0.1) is 10.2 Å². The van der Waals surface area contributed by atoms with Crippen molar-refractivity contribution in [1.29, 1.82) is 0 Å². The van der Waals surface area contributed by atoms with Crippen LogP contribution in [0.25, 0.3) is 17.1 Å². The maximum atomic E-state index is 13.0. The second-order valence-electron chi connectivity index (χ2n) is 8.39. The quantitative estimate of drug-likeness (QED) is 0.472. The maximum Gasteiger partial charge on any atom is 0.229 e. The SMILES string of the molecule is O=C(Nc1ccc(-c2cn3c(n2)SCC3)cc1)C1CCCN(c2ccc(-n3cncn3)nn2)C1. The minimum atomic E-state index is -0.113. The number of nitrogens with one attached hydrogen (secondary N) is 1. The molecule has 6 rings (SSSR count). The van der Waals surface area contributed by atoms with Gasteiger partial charge in [0.2, 0.25) is 5.91 Å². The van der Waals surface area contributed by atoms with Crippen LogP contribution >= 0.6 is 11.8 Å². The third-order valence-corrected chi connectivity index (χ3v) is 7.13. The molecule has 0 bridgehead atoms. The average Bonchev–Trinajstić information content (AvgIpc) is 3.63. The molecule has 0 saturated carbocycles. The number of hydrogen-bond donors (Lipinski definition) is 1. The Balaban J connectivity index is 1.09. The van der Waals surface area contributed by atoms with E-state index < -0.39 is 0 Å². The molecule has 2 aliphatic heterocycles. The molecule has 1 atom stereocenters. The zero-order valence-electron chi connectivity index (χ0n) is 18.4. The van der Waals surface area contributed by atoms with Gasteiger partial charge < -0.3 is 14.8 Å². The summed E-state index contributed by atoms with van der Waals surface area (Å²) in [7, 11) is 0. The standard InChI is InChI=1S/C23H23N9OS/c33-22(26-18-5-3-16(4-6-18)19-13-31-10-11-34-23(31)27-19)17-2-1-9-30(12-17)20-7-8-21(29-28-20)32-15-24-14-25-32/h3-8,13-15,17H,1-2,9-12H2,(H,26,33). The Hall–Kier alpha value is -3.73. The van der Waals surface area contributed by atoms with E-state index >= 15 is 0 Å². The molecule has 4 aromatic rings. The third-order valence-electron chi connectivity index (χ3n) is 6.16. The number of amides is 1. The first-order valence-corrected chi connectivity index (χ1v) is 12.3. The number of imidazole rings is 1. The van der Waals surface area contributed by atoms with Crippen molar-refractivity contribution in [2.75, 3.05) is 29.1 Å². The van der Waals surface area contributed by atoms with Crippen LogP contribution in [0.15, 0.2) is 60.4 Å². The van der Waals surface area contributed by atoms with Gasteiger partial charge in [0, 0.05) is 42.8 Å². The molecule has 0 aliphatic carbocycles. The molecule has 10 nitrogen and oxygen atoms in total. The van der Waals surface area contributed by atoms with E-state index in [-0.39, 0.29) is 11.8 Å². The van der Waals surface area contributed by atoms with Gasteiger partial charge in [0.1, 0.15) is 12.7 Å². The van der Waals surface area contributed by atoms with Crippen LogP contribution in [-0.4, -0.2) is 59.3 Å². The summed E-state index contributed by atoms with van der Waals surface area (Å²) in [6.45, 7) is 2.47. The van der Waals surface area contributed by atoms with Gasteiger partial charge in [0.25, 0.3) is 0 Å². The summed E-state index contributed by atoms with van der Waals surface area (Å²) in [5.41, 5.74) is 2.82. The molecule has 1 fully saturated rings. The fourth-order valence-corrected chi connectivity index (χ4v) is 5.30. The summed E-state index contributed by atoms with van der Waals surface area (Å²) >= 11 is 1.79. The van der Waals surface area contributed by atoms with E-state index in [1.54, 1.807) is 22.8 Å². The Kier molecular flexibility index (Phi) is 5.46. The molecule has 34 heavy (non-hydrogen) atoms. The lowest BCUT2D eigenvalue weighted by Gasteiger charge is -2.32. The van der Waals surface area contributed by atoms with Gasteiger partial charge >= 0.3 is 0 Å². The first-order valence-electron chi connectivity index (χ1n) is 11.3. The van der Waals surface area contributed by atoms with E-state index in [2.05, 4.69) is 41.3 Å². The first kappa shape index (κ1) is 20.8. The van der Waals surface area contributed by atoms with Crippen LogP contribution in [0.1, 0.15) is 12.8 Å². The fourth-order valence-electron chi connectivity index (χ4n) is 4.35. The molecule has 2 aliphatic rings. The second-order valence-corrected chi connectivity index (χ2v) is 9.45. The summed E-state index contributed by atoms with van der Waals surface area (Å²) < 4.78 is 3.75. The summed E-state index contributed by atoms with van der Waals surface area (Å²) in [6, 6.07) is 11.7. The van der Waals surface area contributed by atoms with E-state index in [4.69, 9.17) is 4.98 Å². The number of carbonyl (C=O) groups is 1. The monoisotopic (exact) mass is 473 g/mol. The minimum absolute atomic E-state index is 0.0296. The van der Waals surface area contributed by atoms with Crippen molar-refractivity contribution in [3.05, 3.63) is 55.2 Å². The van der Waals surface area contributed by atoms with Gasteiger partial charge in [0.15, 0.2) is 16.8 Å². The summed E-state index contributed by atoms with van der Waals surface area (Å²) in [5, 5.41) is 16.8. The molecule has 1 N–H and O–H groups in total. The van der Waals surface area contributed by atoms with Gasteiger partial charge in [-0.3, -0.25) is 4.79 Å². The topological polar surface area (TPSA) is 107 Å². The van der Waals surface area contributed by atoms with Gasteiger partial charge in [-0.05, 0) is 37.1 Å². The summed E-state index contributed by atoms with van der Waals surface area (Å²) in [5.74, 6) is 2.37. The van der Waals surface area contributed by atoms with Gasteiger partial charge in [-0.1, -0.05) is 23.9 Å². The Morgan fingerprint density at radius 1 is 1.06 bits per heavy atom. The molecule has 0 radical (unpaired) electrons. The number of rotatable bonds is 5. The van der Waals surface area contributed by atoms with Crippen LogP contribution in [0.5, 0.6) is 0 Å². The Morgan fingerprint density at radius 3 is 2.68 bits per heavy atom. The maximum absolute atomic E-state index is 13.0. The van der Waals surface area contributed by atoms with Crippen LogP contribution in [0, 0.1) is 5.92 Å². The zero-order chi connectivity index (χ0) is 22.9.